The molecule has 4 aromatic rings. The zero-order valence-electron chi connectivity index (χ0n) is 23.4. The second-order valence-electron chi connectivity index (χ2n) is 10.6. The fourth-order valence-electron chi connectivity index (χ4n) is 5.63. The first-order chi connectivity index (χ1) is 21.9. The number of nitrogens with two attached hydrogens (primary N) is 1. The van der Waals surface area contributed by atoms with Gasteiger partial charge in [-0.3, -0.25) is 27.5 Å². The van der Waals surface area contributed by atoms with Gasteiger partial charge in [-0.1, -0.05) is 24.5 Å². The summed E-state index contributed by atoms with van der Waals surface area (Å²) in [6.07, 6.45) is -7.35. The summed E-state index contributed by atoms with van der Waals surface area (Å²) in [4.78, 5) is 31.9. The Kier molecular flexibility index (Phi) is 8.55. The number of hydrogen-bond donors (Lipinski definition) is 5. The normalized spacial score (nSPS) is 37.2. The van der Waals surface area contributed by atoms with Crippen LogP contribution < -0.4 is 11.3 Å². The van der Waals surface area contributed by atoms with Crippen molar-refractivity contribution in [3.05, 3.63) is 33.7 Å². The van der Waals surface area contributed by atoms with Crippen LogP contribution in [0.4, 0.5) is 10.2 Å². The van der Waals surface area contributed by atoms with Gasteiger partial charge < -0.3 is 25.3 Å². The molecule has 7 rings (SSSR count). The van der Waals surface area contributed by atoms with Gasteiger partial charge in [-0.25, -0.2) is 33.5 Å². The molecule has 2 bridgehead atoms. The topological polar surface area (TPSA) is 238 Å². The molecular weight excluding hydrogens is 713 g/mol. The van der Waals surface area contributed by atoms with Crippen molar-refractivity contribution in [1.29, 1.82) is 0 Å². The maximum Gasteiger partial charge on any atom is 0.386 e. The second-order valence-corrected chi connectivity index (χ2v) is 17.2. The Balaban J connectivity index is 1.22. The highest BCUT2D eigenvalue weighted by molar-refractivity contribution is 8.44. The number of alkyl halides is 1. The number of thiol groups is 2. The fourth-order valence-corrected chi connectivity index (χ4v) is 9.49. The second kappa shape index (κ2) is 12.1. The first kappa shape index (κ1) is 32.5. The van der Waals surface area contributed by atoms with Gasteiger partial charge in [0.2, 0.25) is 0 Å². The standard InChI is InChI=1S/C22H25FN8O10P2S3/c1-7-28-12-13(21(33)29-7)30-46-18(12)17-15-8(2-32)9(38-17)3-36-43(35,45)41-16-10(4-37-42(34,44)40-15)39-22(11(16)23)31-6-27-14-19(24)25-5-26-20(14)31/h5-6,8-11,15-17,22,32H,2-4H2,1H3,(H,34,44)(H,35,45)(H2,24,25,26)(H,28,29,33)/t8-,9-,10-,11-,15-,16-,17-,22-,42?,43?/m1/s1. The Morgan fingerprint density at radius 1 is 1.09 bits per heavy atom. The quantitative estimate of drug-likeness (QED) is 0.150. The van der Waals surface area contributed by atoms with Crippen LogP contribution in [0.2, 0.25) is 0 Å². The summed E-state index contributed by atoms with van der Waals surface area (Å²) in [5, 5.41) is 10.4. The van der Waals surface area contributed by atoms with E-state index in [1.54, 1.807) is 6.92 Å². The lowest BCUT2D eigenvalue weighted by atomic mass is 9.96. The molecular formula is C22H25FN8O10P2S3. The number of H-pyrrole nitrogens is 1. The summed E-state index contributed by atoms with van der Waals surface area (Å²) >= 11 is 9.10. The van der Waals surface area contributed by atoms with E-state index in [2.05, 4.69) is 53.8 Å². The summed E-state index contributed by atoms with van der Waals surface area (Å²) in [5.74, 6) is -0.579. The van der Waals surface area contributed by atoms with Crippen molar-refractivity contribution in [2.45, 2.75) is 49.8 Å². The summed E-state index contributed by atoms with van der Waals surface area (Å²) in [6, 6.07) is 0. The molecule has 4 N–H and O–H groups in total. The molecule has 3 saturated heterocycles. The molecule has 0 aromatic carbocycles. The molecule has 46 heavy (non-hydrogen) atoms. The van der Waals surface area contributed by atoms with Crippen molar-refractivity contribution in [2.75, 3.05) is 25.6 Å². The number of aliphatic hydroxyl groups is 1. The monoisotopic (exact) mass is 738 g/mol. The molecule has 0 spiro atoms. The zero-order chi connectivity index (χ0) is 32.5. The molecule has 7 heterocycles. The Morgan fingerprint density at radius 3 is 2.54 bits per heavy atom. The third-order valence-corrected chi connectivity index (χ3v) is 11.8. The van der Waals surface area contributed by atoms with Gasteiger partial charge in [0.05, 0.1) is 37.1 Å². The smallest absolute Gasteiger partial charge is 0.386 e. The molecule has 2 unspecified atom stereocenters. The molecule has 10 atom stereocenters. The molecule has 0 saturated carbocycles. The van der Waals surface area contributed by atoms with Gasteiger partial charge in [-0.2, -0.15) is 4.37 Å². The lowest BCUT2D eigenvalue weighted by Gasteiger charge is -2.26. The molecule has 3 aliphatic rings. The van der Waals surface area contributed by atoms with Gasteiger partial charge in [-0.05, 0) is 18.5 Å². The minimum atomic E-state index is -4.36. The molecule has 24 heteroatoms. The van der Waals surface area contributed by atoms with Crippen molar-refractivity contribution in [1.82, 2.24) is 33.9 Å². The van der Waals surface area contributed by atoms with Crippen LogP contribution in [0.5, 0.6) is 0 Å². The fraction of sp³-hybridized carbons (Fsp3) is 0.545. The van der Waals surface area contributed by atoms with Gasteiger partial charge in [0.1, 0.15) is 47.6 Å². The lowest BCUT2D eigenvalue weighted by Crippen LogP contribution is -2.33. The number of ether oxygens (including phenoxy) is 2. The number of nitrogens with zero attached hydrogens (tertiary/aromatic N) is 6. The first-order valence-electron chi connectivity index (χ1n) is 13.5. The van der Waals surface area contributed by atoms with Gasteiger partial charge in [0.15, 0.2) is 29.4 Å². The number of aryl methyl sites for hydroxylation is 1. The van der Waals surface area contributed by atoms with Crippen molar-refractivity contribution < 1.29 is 46.2 Å². The molecule has 4 aromatic heterocycles. The van der Waals surface area contributed by atoms with Crippen LogP contribution in [0.25, 0.3) is 22.2 Å². The number of hydrogen-bond acceptors (Lipinski definition) is 17. The minimum absolute atomic E-state index is 0.0424. The number of aromatic nitrogens is 7. The molecule has 0 amide bonds. The highest BCUT2D eigenvalue weighted by Crippen LogP contribution is 2.61. The number of rotatable bonds is 3. The van der Waals surface area contributed by atoms with E-state index in [-0.39, 0.29) is 28.0 Å². The maximum absolute atomic E-state index is 16.1. The third kappa shape index (κ3) is 5.81. The predicted molar refractivity (Wildman–Crippen MR) is 164 cm³/mol. The molecule has 0 aliphatic carbocycles. The number of fused-ring (bicyclic) bond motifs is 5. The molecule has 3 aliphatic heterocycles. The van der Waals surface area contributed by atoms with Gasteiger partial charge in [0, 0.05) is 5.92 Å². The van der Waals surface area contributed by atoms with E-state index in [4.69, 9.17) is 33.3 Å². The number of nitrogen functional groups attached to an aromatic ring is 1. The van der Waals surface area contributed by atoms with Gasteiger partial charge in [0.25, 0.3) is 5.56 Å². The lowest BCUT2D eigenvalue weighted by molar-refractivity contribution is -0.0452. The largest absolute Gasteiger partial charge is 0.396 e. The van der Waals surface area contributed by atoms with Crippen LogP contribution in [0, 0.1) is 12.8 Å². The number of nitrogens with one attached hydrogen (secondary N) is 1. The molecule has 248 valence electrons. The number of halogens is 1. The van der Waals surface area contributed by atoms with E-state index in [0.29, 0.717) is 10.7 Å². The van der Waals surface area contributed by atoms with Crippen molar-refractivity contribution >= 4 is 77.6 Å². The van der Waals surface area contributed by atoms with Crippen LogP contribution in [-0.2, 0) is 36.7 Å². The molecule has 3 fully saturated rings. The number of aliphatic hydroxyl groups excluding tert-OH is 1. The molecule has 18 nitrogen and oxygen atoms in total. The highest BCUT2D eigenvalue weighted by atomic mass is 32.7. The van der Waals surface area contributed by atoms with Crippen LogP contribution in [0.1, 0.15) is 23.0 Å². The van der Waals surface area contributed by atoms with E-state index in [0.717, 1.165) is 11.5 Å². The van der Waals surface area contributed by atoms with E-state index in [9.17, 15) is 19.0 Å². The van der Waals surface area contributed by atoms with Crippen LogP contribution in [-0.4, -0.2) is 89.4 Å². The summed E-state index contributed by atoms with van der Waals surface area (Å²) in [7, 11) is 0. The third-order valence-electron chi connectivity index (χ3n) is 7.71. The SMILES string of the molecule is Cc1nc2c([C@@H]3O[C@@H]4COP(=O)(S)O[C@H]5[C@@H](F)[C@H](n6cnc7c(N)ncnc76)O[C@@H]5COP(=O)(S)O[C@@H]3[C@@H]4CO)snc2c(=O)[nH]1. The number of anilines is 1. The average Bonchev–Trinajstić information content (AvgIpc) is 3.75. The van der Waals surface area contributed by atoms with E-state index in [1.807, 2.05) is 0 Å². The first-order valence-corrected chi connectivity index (χ1v) is 19.7. The average molecular weight is 739 g/mol. The summed E-state index contributed by atoms with van der Waals surface area (Å²) in [6.45, 7) is -8.79. The van der Waals surface area contributed by atoms with Crippen LogP contribution in [0.15, 0.2) is 17.4 Å². The van der Waals surface area contributed by atoms with Crippen molar-refractivity contribution in [3.63, 3.8) is 0 Å². The Bertz CT molecular complexity index is 1970. The van der Waals surface area contributed by atoms with Crippen molar-refractivity contribution in [2.24, 2.45) is 5.92 Å². The minimum Gasteiger partial charge on any atom is -0.396 e. The summed E-state index contributed by atoms with van der Waals surface area (Å²) < 4.78 is 83.3. The van der Waals surface area contributed by atoms with E-state index in [1.165, 1.54) is 17.2 Å². The van der Waals surface area contributed by atoms with Gasteiger partial charge in [-0.15, -0.1) is 0 Å². The number of imidazole rings is 1. The zero-order valence-corrected chi connectivity index (χ0v) is 27.7. The Morgan fingerprint density at radius 2 is 1.80 bits per heavy atom. The summed E-state index contributed by atoms with van der Waals surface area (Å²) in [5.41, 5.74) is 5.99. The van der Waals surface area contributed by atoms with Crippen LogP contribution in [0.3, 0.4) is 0 Å². The van der Waals surface area contributed by atoms with Gasteiger partial charge >= 0.3 is 13.6 Å². The Labute approximate surface area is 272 Å². The van der Waals surface area contributed by atoms with Crippen molar-refractivity contribution in [3.8, 4) is 0 Å². The predicted octanol–water partition coefficient (Wildman–Crippen LogP) is 2.29. The Hall–Kier alpha value is -2.07. The highest BCUT2D eigenvalue weighted by Gasteiger charge is 2.54. The molecule has 0 radical (unpaired) electrons. The van der Waals surface area contributed by atoms with E-state index < -0.39 is 87.8 Å². The van der Waals surface area contributed by atoms with E-state index >= 15 is 4.39 Å². The maximum atomic E-state index is 16.1. The number of aromatic amines is 1. The van der Waals surface area contributed by atoms with Crippen LogP contribution >= 0.6 is 49.6 Å².